The van der Waals surface area contributed by atoms with Crippen LogP contribution in [-0.2, 0) is 22.5 Å². The van der Waals surface area contributed by atoms with Crippen LogP contribution in [0.2, 0.25) is 20.1 Å². The van der Waals surface area contributed by atoms with Gasteiger partial charge in [0, 0.05) is 67.8 Å². The molecule has 2 atom stereocenters. The number of rotatable bonds is 13. The largest absolute Gasteiger partial charge is 0.494 e. The summed E-state index contributed by atoms with van der Waals surface area (Å²) >= 11 is 25.4. The highest BCUT2D eigenvalue weighted by molar-refractivity contribution is 6.35. The number of halogens is 4. The Morgan fingerprint density at radius 3 is 2.40 bits per heavy atom. The smallest absolute Gasteiger partial charge is 0.266 e. The number of aliphatic imine (C=N–C) groups is 1. The van der Waals surface area contributed by atoms with Crippen molar-refractivity contribution in [3.05, 3.63) is 138 Å². The Morgan fingerprint density at radius 2 is 1.70 bits per heavy atom. The molecule has 4 aromatic rings. The van der Waals surface area contributed by atoms with Gasteiger partial charge >= 0.3 is 0 Å². The van der Waals surface area contributed by atoms with Gasteiger partial charge in [0.2, 0.25) is 5.90 Å². The number of aliphatic hydroxyl groups excluding tert-OH is 1. The molecular formula is C33H28Cl4N6O4. The highest BCUT2D eigenvalue weighted by atomic mass is 35.5. The van der Waals surface area contributed by atoms with Crippen molar-refractivity contribution in [3.63, 3.8) is 0 Å². The fraction of sp³-hybridized carbons (Fsp3) is 0.212. The van der Waals surface area contributed by atoms with Gasteiger partial charge in [0.25, 0.3) is 5.91 Å². The van der Waals surface area contributed by atoms with Crippen LogP contribution in [0.5, 0.6) is 5.75 Å². The number of ether oxygens (including phenoxy) is 2. The van der Waals surface area contributed by atoms with E-state index in [9.17, 15) is 10.3 Å². The molecule has 1 heterocycles. The van der Waals surface area contributed by atoms with Gasteiger partial charge in [-0.15, -0.1) is 0 Å². The minimum atomic E-state index is -1.67. The Morgan fingerprint density at radius 1 is 0.979 bits per heavy atom. The van der Waals surface area contributed by atoms with Crippen LogP contribution in [0, 0.1) is 0 Å². The fourth-order valence-electron chi connectivity index (χ4n) is 5.06. The van der Waals surface area contributed by atoms with Crippen molar-refractivity contribution in [1.29, 1.82) is 0 Å². The number of carbonyl (C=O) groups is 1. The first kappa shape index (κ1) is 34.3. The summed E-state index contributed by atoms with van der Waals surface area (Å²) in [6.07, 6.45) is -0.580. The highest BCUT2D eigenvalue weighted by Gasteiger charge is 2.54. The minimum absolute atomic E-state index is 0.0198. The number of nitrogens with one attached hydrogen (secondary N) is 2. The van der Waals surface area contributed by atoms with Gasteiger partial charge in [-0.2, -0.15) is 0 Å². The molecule has 1 aliphatic heterocycles. The molecule has 0 fully saturated rings. The summed E-state index contributed by atoms with van der Waals surface area (Å²) in [6.45, 7) is 0.549. The molecule has 0 aromatic heterocycles. The van der Waals surface area contributed by atoms with E-state index < -0.39 is 17.6 Å². The maximum Gasteiger partial charge on any atom is 0.266 e. The van der Waals surface area contributed by atoms with E-state index in [1.165, 1.54) is 0 Å². The number of azide groups is 1. The molecule has 10 nitrogen and oxygen atoms in total. The van der Waals surface area contributed by atoms with Crippen LogP contribution in [0.15, 0.2) is 95.0 Å². The van der Waals surface area contributed by atoms with Crippen LogP contribution in [0.4, 0.5) is 5.69 Å². The third-order valence-corrected chi connectivity index (χ3v) is 8.52. The summed E-state index contributed by atoms with van der Waals surface area (Å²) in [4.78, 5) is 22.4. The third kappa shape index (κ3) is 8.12. The molecule has 0 unspecified atom stereocenters. The van der Waals surface area contributed by atoms with Crippen molar-refractivity contribution in [3.8, 4) is 5.75 Å². The Kier molecular flexibility index (Phi) is 11.5. The van der Waals surface area contributed by atoms with Crippen LogP contribution in [0.25, 0.3) is 10.4 Å². The van der Waals surface area contributed by atoms with E-state index in [0.29, 0.717) is 61.8 Å². The van der Waals surface area contributed by atoms with E-state index in [-0.39, 0.29) is 30.5 Å². The molecule has 0 saturated heterocycles. The number of hydrazine groups is 1. The van der Waals surface area contributed by atoms with Crippen LogP contribution in [-0.4, -0.2) is 35.7 Å². The van der Waals surface area contributed by atoms with Gasteiger partial charge in [-0.05, 0) is 65.2 Å². The summed E-state index contributed by atoms with van der Waals surface area (Å²) in [6, 6.07) is 23.9. The lowest BCUT2D eigenvalue weighted by Gasteiger charge is -2.31. The monoisotopic (exact) mass is 712 g/mol. The number of carbonyl (C=O) groups excluding carboxylic acids is 1. The van der Waals surface area contributed by atoms with Gasteiger partial charge < -0.3 is 14.6 Å². The molecule has 14 heteroatoms. The van der Waals surface area contributed by atoms with E-state index in [0.717, 1.165) is 0 Å². The molecule has 47 heavy (non-hydrogen) atoms. The standard InChI is InChI=1S/C33H28Cl4N6O4/c34-23-9-6-22(27(36)16-23)19-39-42-32(45)33(18-21-4-1-2-5-29(21)41-43-38)30(26-13-10-24(35)17-28(26)37)47-31(40-33)20-7-11-25(12-8-20)46-15-3-14-44/h1-2,4-13,16-17,30,39,44H,3,14-15,18-19H2,(H,42,45)/t30-,33-/m0/s1. The second-order valence-corrected chi connectivity index (χ2v) is 12.2. The molecular weight excluding hydrogens is 686 g/mol. The fourth-order valence-corrected chi connectivity index (χ4v) is 6.05. The van der Waals surface area contributed by atoms with Crippen LogP contribution < -0.4 is 15.6 Å². The third-order valence-electron chi connectivity index (χ3n) is 7.37. The maximum atomic E-state index is 14.5. The zero-order chi connectivity index (χ0) is 33.4. The summed E-state index contributed by atoms with van der Waals surface area (Å²) in [5.74, 6) is 0.226. The molecule has 242 valence electrons. The van der Waals surface area contributed by atoms with Crippen LogP contribution in [0.1, 0.15) is 34.8 Å². The molecule has 4 aromatic carbocycles. The summed E-state index contributed by atoms with van der Waals surface area (Å²) in [5.41, 5.74) is 16.0. The lowest BCUT2D eigenvalue weighted by atomic mass is 9.81. The van der Waals surface area contributed by atoms with Crippen LogP contribution >= 0.6 is 46.4 Å². The predicted octanol–water partition coefficient (Wildman–Crippen LogP) is 8.32. The number of nitrogens with zero attached hydrogens (tertiary/aromatic N) is 4. The first-order chi connectivity index (χ1) is 22.7. The summed E-state index contributed by atoms with van der Waals surface area (Å²) < 4.78 is 12.2. The van der Waals surface area contributed by atoms with Gasteiger partial charge in [0.05, 0.1) is 6.61 Å². The lowest BCUT2D eigenvalue weighted by Crippen LogP contribution is -2.53. The second-order valence-electron chi connectivity index (χ2n) is 10.5. The number of hydrogen-bond acceptors (Lipinski definition) is 7. The molecule has 0 aliphatic carbocycles. The van der Waals surface area contributed by atoms with Crippen molar-refractivity contribution in [2.45, 2.75) is 31.0 Å². The van der Waals surface area contributed by atoms with E-state index in [1.807, 2.05) is 0 Å². The number of benzene rings is 4. The number of amides is 1. The Hall–Kier alpha value is -3.99. The second kappa shape index (κ2) is 15.7. The average Bonchev–Trinajstić information content (AvgIpc) is 3.43. The van der Waals surface area contributed by atoms with Gasteiger partial charge in [-0.1, -0.05) is 87.9 Å². The number of aliphatic hydroxyl groups is 1. The van der Waals surface area contributed by atoms with Crippen molar-refractivity contribution in [2.24, 2.45) is 10.1 Å². The SMILES string of the molecule is [N-]=[N+]=Nc1ccccc1C[C@]1(C(=O)NNCc2ccc(Cl)cc2Cl)N=C(c2ccc(OCCCO)cc2)O[C@H]1c1ccc(Cl)cc1Cl. The van der Waals surface area contributed by atoms with Gasteiger partial charge in [0.1, 0.15) is 5.75 Å². The predicted molar refractivity (Wildman–Crippen MR) is 184 cm³/mol. The van der Waals surface area contributed by atoms with Crippen molar-refractivity contribution in [2.75, 3.05) is 13.2 Å². The van der Waals surface area contributed by atoms with E-state index in [2.05, 4.69) is 20.9 Å². The summed E-state index contributed by atoms with van der Waals surface area (Å²) in [5, 5.41) is 14.5. The first-order valence-corrected chi connectivity index (χ1v) is 15.9. The van der Waals surface area contributed by atoms with Crippen LogP contribution in [0.3, 0.4) is 0 Å². The van der Waals surface area contributed by atoms with Gasteiger partial charge in [-0.3, -0.25) is 10.2 Å². The molecule has 1 aliphatic rings. The first-order valence-electron chi connectivity index (χ1n) is 14.4. The molecule has 1 amide bonds. The lowest BCUT2D eigenvalue weighted by molar-refractivity contribution is -0.130. The Labute approximate surface area is 290 Å². The van der Waals surface area contributed by atoms with Crippen molar-refractivity contribution in [1.82, 2.24) is 10.9 Å². The Bertz CT molecular complexity index is 1830. The zero-order valence-corrected chi connectivity index (χ0v) is 27.7. The summed E-state index contributed by atoms with van der Waals surface area (Å²) in [7, 11) is 0. The maximum absolute atomic E-state index is 14.5. The van der Waals surface area contributed by atoms with Crippen molar-refractivity contribution < 1.29 is 19.4 Å². The zero-order valence-electron chi connectivity index (χ0n) is 24.7. The van der Waals surface area contributed by atoms with Crippen molar-refractivity contribution >= 4 is 63.9 Å². The molecule has 0 saturated carbocycles. The minimum Gasteiger partial charge on any atom is -0.494 e. The van der Waals surface area contributed by atoms with Gasteiger partial charge in [-0.25, -0.2) is 10.4 Å². The molecule has 0 radical (unpaired) electrons. The normalized spacial score (nSPS) is 17.0. The number of hydrogen-bond donors (Lipinski definition) is 3. The average molecular weight is 714 g/mol. The highest BCUT2D eigenvalue weighted by Crippen LogP contribution is 2.46. The van der Waals surface area contributed by atoms with E-state index in [4.69, 9.17) is 66.0 Å². The van der Waals surface area contributed by atoms with E-state index >= 15 is 0 Å². The molecule has 3 N–H and O–H groups in total. The molecule has 0 spiro atoms. The van der Waals surface area contributed by atoms with Gasteiger partial charge in [0.15, 0.2) is 11.6 Å². The molecule has 0 bridgehead atoms. The topological polar surface area (TPSA) is 141 Å². The molecule has 5 rings (SSSR count). The Balaban J connectivity index is 1.58. The van der Waals surface area contributed by atoms with E-state index in [1.54, 1.807) is 84.9 Å². The quantitative estimate of drug-likeness (QED) is 0.0420.